The summed E-state index contributed by atoms with van der Waals surface area (Å²) in [6.45, 7) is 0. The van der Waals surface area contributed by atoms with Crippen LogP contribution in [0.2, 0.25) is 0 Å². The third-order valence-electron chi connectivity index (χ3n) is 0.701. The lowest BCUT2D eigenvalue weighted by atomic mass is 10.3. The second-order valence-electron chi connectivity index (χ2n) is 1.26. The molecule has 0 radical (unpaired) electrons. The fraction of sp³-hybridized carbons (Fsp3) is 0. The van der Waals surface area contributed by atoms with Gasteiger partial charge in [-0.15, -0.1) is 0 Å². The Morgan fingerprint density at radius 2 is 2.43 bits per heavy atom. The normalized spacial score (nSPS) is 15.7. The molecule has 0 aliphatic heterocycles. The van der Waals surface area contributed by atoms with E-state index in [4.69, 9.17) is 5.11 Å². The first-order valence-electron chi connectivity index (χ1n) is 2.04. The molecule has 0 spiro atoms. The summed E-state index contributed by atoms with van der Waals surface area (Å²) in [4.78, 5) is 0. The minimum atomic E-state index is 0.291. The lowest BCUT2D eigenvalue weighted by molar-refractivity contribution is 0.432. The SMILES string of the molecule is OC1=CC=[C+]C=C1. The summed E-state index contributed by atoms with van der Waals surface area (Å²) in [5.41, 5.74) is 0. The molecule has 0 aromatic carbocycles. The first-order chi connectivity index (χ1) is 3.39. The molecule has 1 aliphatic rings. The molecule has 0 amide bonds. The molecule has 0 aromatic heterocycles. The molecule has 0 heterocycles. The van der Waals surface area contributed by atoms with Crippen molar-refractivity contribution in [2.45, 2.75) is 0 Å². The van der Waals surface area contributed by atoms with Crippen LogP contribution in [0.15, 0.2) is 30.1 Å². The highest BCUT2D eigenvalue weighted by Crippen LogP contribution is 1.96. The Balaban J connectivity index is 2.82. The molecule has 1 nitrogen and oxygen atoms in total. The predicted molar refractivity (Wildman–Crippen MR) is 27.7 cm³/mol. The van der Waals surface area contributed by atoms with E-state index < -0.39 is 0 Å². The van der Waals surface area contributed by atoms with Crippen molar-refractivity contribution in [3.63, 3.8) is 0 Å². The smallest absolute Gasteiger partial charge is 0.230 e. The zero-order valence-electron chi connectivity index (χ0n) is 3.76. The number of allylic oxidation sites excluding steroid dienone is 5. The summed E-state index contributed by atoms with van der Waals surface area (Å²) in [5.74, 6) is 0.291. The van der Waals surface area contributed by atoms with Crippen LogP contribution in [0.4, 0.5) is 0 Å². The maximum Gasteiger partial charge on any atom is 0.230 e. The maximum atomic E-state index is 8.61. The first kappa shape index (κ1) is 4.10. The quantitative estimate of drug-likeness (QED) is 0.448. The summed E-state index contributed by atoms with van der Waals surface area (Å²) in [7, 11) is 0. The van der Waals surface area contributed by atoms with Crippen LogP contribution in [0, 0.1) is 6.08 Å². The monoisotopic (exact) mass is 93.0 g/mol. The lowest BCUT2D eigenvalue weighted by Crippen LogP contribution is -1.73. The van der Waals surface area contributed by atoms with E-state index >= 15 is 0 Å². The van der Waals surface area contributed by atoms with Crippen LogP contribution in [0.1, 0.15) is 0 Å². The summed E-state index contributed by atoms with van der Waals surface area (Å²) in [6.07, 6.45) is 9.26. The van der Waals surface area contributed by atoms with Gasteiger partial charge >= 0.3 is 0 Å². The minimum Gasteiger partial charge on any atom is -0.487 e. The van der Waals surface area contributed by atoms with E-state index in [0.29, 0.717) is 5.76 Å². The zero-order valence-corrected chi connectivity index (χ0v) is 3.76. The third kappa shape index (κ3) is 0.881. The standard InChI is InChI=1S/C6H4O/c7-6-4-2-1-3-5-6/h2-5H/p+1. The average molecular weight is 93.1 g/mol. The molecule has 34 valence electrons. The van der Waals surface area contributed by atoms with Gasteiger partial charge in [-0.1, -0.05) is 0 Å². The van der Waals surface area contributed by atoms with E-state index in [9.17, 15) is 0 Å². The largest absolute Gasteiger partial charge is 0.487 e. The summed E-state index contributed by atoms with van der Waals surface area (Å²) < 4.78 is 0. The van der Waals surface area contributed by atoms with Crippen molar-refractivity contribution in [1.29, 1.82) is 0 Å². The number of hydrogen-bond donors (Lipinski definition) is 1. The van der Waals surface area contributed by atoms with E-state index in [-0.39, 0.29) is 0 Å². The number of hydrogen-bond acceptors (Lipinski definition) is 1. The van der Waals surface area contributed by atoms with Gasteiger partial charge in [-0.25, -0.2) is 0 Å². The van der Waals surface area contributed by atoms with Crippen LogP contribution >= 0.6 is 0 Å². The molecule has 1 N–H and O–H groups in total. The molecule has 0 fully saturated rings. The second-order valence-corrected chi connectivity index (χ2v) is 1.26. The fourth-order valence-electron chi connectivity index (χ4n) is 0.378. The van der Waals surface area contributed by atoms with E-state index in [1.54, 1.807) is 24.3 Å². The van der Waals surface area contributed by atoms with Gasteiger partial charge in [-0.3, -0.25) is 0 Å². The van der Waals surface area contributed by atoms with Crippen molar-refractivity contribution < 1.29 is 5.11 Å². The van der Waals surface area contributed by atoms with Crippen molar-refractivity contribution in [2.75, 3.05) is 0 Å². The molecule has 0 bridgehead atoms. The molecule has 0 saturated heterocycles. The second kappa shape index (κ2) is 1.59. The van der Waals surface area contributed by atoms with Crippen molar-refractivity contribution >= 4 is 0 Å². The molecule has 0 saturated carbocycles. The molecular weight excluding hydrogens is 88.1 g/mol. The number of aliphatic hydroxyl groups is 1. The van der Waals surface area contributed by atoms with Crippen LogP contribution in [-0.4, -0.2) is 5.11 Å². The minimum absolute atomic E-state index is 0.291. The molecule has 1 heteroatoms. The fourth-order valence-corrected chi connectivity index (χ4v) is 0.378. The number of aliphatic hydroxyl groups excluding tert-OH is 1. The first-order valence-corrected chi connectivity index (χ1v) is 2.04. The maximum absolute atomic E-state index is 8.61. The molecule has 0 aromatic rings. The summed E-state index contributed by atoms with van der Waals surface area (Å²) in [6, 6.07) is 0. The Kier molecular flexibility index (Phi) is 0.928. The van der Waals surface area contributed by atoms with Gasteiger partial charge < -0.3 is 5.11 Å². The van der Waals surface area contributed by atoms with E-state index in [2.05, 4.69) is 6.08 Å². The topological polar surface area (TPSA) is 20.2 Å². The van der Waals surface area contributed by atoms with Gasteiger partial charge in [0.2, 0.25) is 5.76 Å². The summed E-state index contributed by atoms with van der Waals surface area (Å²) in [5, 5.41) is 8.61. The molecule has 7 heavy (non-hydrogen) atoms. The molecule has 0 unspecified atom stereocenters. The van der Waals surface area contributed by atoms with Gasteiger partial charge in [-0.2, -0.15) is 0 Å². The van der Waals surface area contributed by atoms with Crippen molar-refractivity contribution in [3.8, 4) is 0 Å². The molecule has 0 atom stereocenters. The molecule has 1 aliphatic carbocycles. The third-order valence-corrected chi connectivity index (χ3v) is 0.701. The van der Waals surface area contributed by atoms with Gasteiger partial charge in [0, 0.05) is 6.08 Å². The highest BCUT2D eigenvalue weighted by atomic mass is 16.3. The van der Waals surface area contributed by atoms with Crippen LogP contribution in [0.5, 0.6) is 0 Å². The lowest BCUT2D eigenvalue weighted by Gasteiger charge is -1.77. The Labute approximate surface area is 42.3 Å². The van der Waals surface area contributed by atoms with E-state index in [1.165, 1.54) is 0 Å². The van der Waals surface area contributed by atoms with Gasteiger partial charge in [0.05, 0.1) is 12.2 Å². The highest BCUT2D eigenvalue weighted by Gasteiger charge is 1.93. The van der Waals surface area contributed by atoms with Crippen LogP contribution in [0.25, 0.3) is 0 Å². The van der Waals surface area contributed by atoms with E-state index in [0.717, 1.165) is 0 Å². The highest BCUT2D eigenvalue weighted by molar-refractivity contribution is 5.23. The number of rotatable bonds is 0. The summed E-state index contributed by atoms with van der Waals surface area (Å²) >= 11 is 0. The van der Waals surface area contributed by atoms with Crippen LogP contribution < -0.4 is 0 Å². The predicted octanol–water partition coefficient (Wildman–Crippen LogP) is 1.36. The van der Waals surface area contributed by atoms with E-state index in [1.807, 2.05) is 0 Å². The Bertz CT molecular complexity index is 140. The Morgan fingerprint density at radius 1 is 1.57 bits per heavy atom. The van der Waals surface area contributed by atoms with Gasteiger partial charge in [0.1, 0.15) is 12.2 Å². The van der Waals surface area contributed by atoms with Gasteiger partial charge in [0.15, 0.2) is 0 Å². The van der Waals surface area contributed by atoms with Gasteiger partial charge in [0.25, 0.3) is 0 Å². The van der Waals surface area contributed by atoms with Crippen molar-refractivity contribution in [1.82, 2.24) is 0 Å². The molecular formula is C6H5O+. The van der Waals surface area contributed by atoms with Crippen LogP contribution in [-0.2, 0) is 0 Å². The Hall–Kier alpha value is -1.07. The zero-order chi connectivity index (χ0) is 5.11. The molecule has 1 rings (SSSR count). The Morgan fingerprint density at radius 3 is 2.71 bits per heavy atom. The van der Waals surface area contributed by atoms with Gasteiger partial charge in [-0.05, 0) is 0 Å². The average Bonchev–Trinajstić information content (AvgIpc) is 1.69. The van der Waals surface area contributed by atoms with Crippen LogP contribution in [0.3, 0.4) is 0 Å². The van der Waals surface area contributed by atoms with Crippen molar-refractivity contribution in [2.24, 2.45) is 0 Å². The van der Waals surface area contributed by atoms with Crippen molar-refractivity contribution in [3.05, 3.63) is 36.1 Å².